The van der Waals surface area contributed by atoms with E-state index in [9.17, 15) is 5.48 Å². The molecule has 204 valence electrons. The number of fused-ring (bicyclic) bond motifs is 6. The van der Waals surface area contributed by atoms with Crippen LogP contribution in [0.1, 0.15) is 11.0 Å². The maximum absolute atomic E-state index is 9.29. The summed E-state index contributed by atoms with van der Waals surface area (Å²) in [5.41, 5.74) is 3.64. The number of benzene rings is 9. The van der Waals surface area contributed by atoms with Crippen LogP contribution in [0.4, 0.5) is 0 Å². The summed E-state index contributed by atoms with van der Waals surface area (Å²) in [7, 11) is 0. The Bertz CT molecular complexity index is 2920. The van der Waals surface area contributed by atoms with E-state index >= 15 is 0 Å². The standard InChI is InChI=1S/C44H28/c1-2-12-31-27-36(23-20-29(31)10-1)44-41-18-7-5-16-39(41)43(40-17-6-8-19-42(40)44)35-14-9-13-32(28-35)33-24-25-38-34(26-33)22-21-30-11-3-4-15-37(30)38/h1-28H/i5D,6D,7D,8D,16D,17D,18D,19D. The predicted octanol–water partition coefficient (Wildman–Crippen LogP) is 12.5. The second kappa shape index (κ2) is 9.93. The Kier molecular flexibility index (Phi) is 4.08. The Morgan fingerprint density at radius 3 is 1.50 bits per heavy atom. The van der Waals surface area contributed by atoms with Gasteiger partial charge >= 0.3 is 0 Å². The Labute approximate surface area is 267 Å². The first-order valence-electron chi connectivity index (χ1n) is 18.6. The van der Waals surface area contributed by atoms with Gasteiger partial charge in [-0.15, -0.1) is 0 Å². The average molecular weight is 565 g/mol. The van der Waals surface area contributed by atoms with Crippen molar-refractivity contribution in [1.82, 2.24) is 0 Å². The SMILES string of the molecule is [2H]c1c([2H])c([2H])c2c(-c3ccc4ccccc4c3)c3c([2H])c([2H])c([2H])c([2H])c3c(-c3cccc(-c4ccc5c(ccc6ccccc65)c4)c3)c2c1[2H]. The van der Waals surface area contributed by atoms with E-state index in [1.807, 2.05) is 78.9 Å². The van der Waals surface area contributed by atoms with Crippen LogP contribution in [-0.4, -0.2) is 0 Å². The number of hydrogen-bond donors (Lipinski definition) is 0. The third kappa shape index (κ3) is 3.92. The molecule has 9 aromatic carbocycles. The fourth-order valence-electron chi connectivity index (χ4n) is 6.59. The number of rotatable bonds is 3. The minimum atomic E-state index is -0.415. The Hall–Kier alpha value is -5.72. The molecule has 0 aromatic heterocycles. The highest BCUT2D eigenvalue weighted by Gasteiger charge is 2.17. The summed E-state index contributed by atoms with van der Waals surface area (Å²) in [6.07, 6.45) is 0. The highest BCUT2D eigenvalue weighted by atomic mass is 14.2. The van der Waals surface area contributed by atoms with Crippen molar-refractivity contribution in [3.05, 3.63) is 170 Å². The summed E-state index contributed by atoms with van der Waals surface area (Å²) < 4.78 is 72.1. The molecule has 0 heteroatoms. The molecule has 0 N–H and O–H groups in total. The molecule has 0 radical (unpaired) electrons. The molecule has 0 aliphatic heterocycles. The van der Waals surface area contributed by atoms with E-state index in [-0.39, 0.29) is 45.7 Å². The van der Waals surface area contributed by atoms with E-state index in [2.05, 4.69) is 42.5 Å². The fourth-order valence-corrected chi connectivity index (χ4v) is 6.59. The first-order valence-corrected chi connectivity index (χ1v) is 14.6. The van der Waals surface area contributed by atoms with E-state index in [0.29, 0.717) is 22.3 Å². The van der Waals surface area contributed by atoms with Crippen LogP contribution >= 0.6 is 0 Å². The lowest BCUT2D eigenvalue weighted by Gasteiger charge is -2.18. The van der Waals surface area contributed by atoms with Crippen LogP contribution in [0.25, 0.3) is 87.2 Å². The third-order valence-electron chi connectivity index (χ3n) is 8.64. The van der Waals surface area contributed by atoms with Crippen molar-refractivity contribution in [2.45, 2.75) is 0 Å². The molecular formula is C44H28. The van der Waals surface area contributed by atoms with E-state index in [0.717, 1.165) is 43.4 Å². The van der Waals surface area contributed by atoms with Crippen molar-refractivity contribution in [2.24, 2.45) is 0 Å². The van der Waals surface area contributed by atoms with Crippen LogP contribution in [0.3, 0.4) is 0 Å². The van der Waals surface area contributed by atoms with E-state index in [4.69, 9.17) is 5.48 Å². The Morgan fingerprint density at radius 1 is 0.295 bits per heavy atom. The van der Waals surface area contributed by atoms with Gasteiger partial charge in [-0.1, -0.05) is 151 Å². The second-order valence-corrected chi connectivity index (χ2v) is 11.1. The zero-order valence-corrected chi connectivity index (χ0v) is 23.5. The summed E-state index contributed by atoms with van der Waals surface area (Å²) >= 11 is 0. The first-order chi connectivity index (χ1) is 25.1. The van der Waals surface area contributed by atoms with Crippen molar-refractivity contribution in [2.75, 3.05) is 0 Å². The maximum atomic E-state index is 9.29. The number of hydrogen-bond acceptors (Lipinski definition) is 0. The van der Waals surface area contributed by atoms with Gasteiger partial charge in [-0.25, -0.2) is 0 Å². The minimum absolute atomic E-state index is 0.203. The van der Waals surface area contributed by atoms with Crippen molar-refractivity contribution in [1.29, 1.82) is 0 Å². The molecule has 0 aliphatic carbocycles. The molecule has 0 spiro atoms. The monoisotopic (exact) mass is 564 g/mol. The van der Waals surface area contributed by atoms with Crippen LogP contribution in [0, 0.1) is 0 Å². The summed E-state index contributed by atoms with van der Waals surface area (Å²) in [4.78, 5) is 0. The van der Waals surface area contributed by atoms with E-state index in [1.165, 1.54) is 0 Å². The van der Waals surface area contributed by atoms with Gasteiger partial charge in [0.05, 0.1) is 11.0 Å². The van der Waals surface area contributed by atoms with Gasteiger partial charge < -0.3 is 0 Å². The van der Waals surface area contributed by atoms with Gasteiger partial charge in [-0.05, 0) is 105 Å². The van der Waals surface area contributed by atoms with Crippen molar-refractivity contribution in [3.8, 4) is 33.4 Å². The summed E-state index contributed by atoms with van der Waals surface area (Å²) in [5.74, 6) is 0. The predicted molar refractivity (Wildman–Crippen MR) is 190 cm³/mol. The van der Waals surface area contributed by atoms with Crippen LogP contribution < -0.4 is 0 Å². The minimum Gasteiger partial charge on any atom is -0.0616 e. The van der Waals surface area contributed by atoms with Crippen molar-refractivity contribution in [3.63, 3.8) is 0 Å². The lowest BCUT2D eigenvalue weighted by Crippen LogP contribution is -1.91. The highest BCUT2D eigenvalue weighted by Crippen LogP contribution is 2.44. The average Bonchev–Trinajstić information content (AvgIpc) is 3.19. The summed E-state index contributed by atoms with van der Waals surface area (Å²) in [5, 5.41) is 7.20. The lowest BCUT2D eigenvalue weighted by atomic mass is 9.85. The Balaban J connectivity index is 1.41. The van der Waals surface area contributed by atoms with Crippen LogP contribution in [0.2, 0.25) is 0 Å². The quantitative estimate of drug-likeness (QED) is 0.148. The molecule has 0 unspecified atom stereocenters. The van der Waals surface area contributed by atoms with Gasteiger partial charge in [-0.3, -0.25) is 0 Å². The first kappa shape index (κ1) is 18.1. The third-order valence-corrected chi connectivity index (χ3v) is 8.64. The van der Waals surface area contributed by atoms with Crippen LogP contribution in [0.5, 0.6) is 0 Å². The zero-order valence-electron chi connectivity index (χ0n) is 31.5. The van der Waals surface area contributed by atoms with Crippen LogP contribution in [0.15, 0.2) is 170 Å². The molecule has 0 atom stereocenters. The molecule has 0 amide bonds. The molecule has 0 saturated carbocycles. The topological polar surface area (TPSA) is 0 Å². The summed E-state index contributed by atoms with van der Waals surface area (Å²) in [6.45, 7) is 0. The smallest absolute Gasteiger partial charge is 0.0616 e. The maximum Gasteiger partial charge on any atom is 0.0629 e. The van der Waals surface area contributed by atoms with Gasteiger partial charge in [0, 0.05) is 0 Å². The molecule has 0 bridgehead atoms. The van der Waals surface area contributed by atoms with Crippen LogP contribution in [-0.2, 0) is 0 Å². The van der Waals surface area contributed by atoms with Gasteiger partial charge in [0.15, 0.2) is 0 Å². The second-order valence-electron chi connectivity index (χ2n) is 11.1. The van der Waals surface area contributed by atoms with Gasteiger partial charge in [0.25, 0.3) is 0 Å². The highest BCUT2D eigenvalue weighted by molar-refractivity contribution is 6.22. The van der Waals surface area contributed by atoms with Gasteiger partial charge in [-0.2, -0.15) is 0 Å². The molecule has 0 heterocycles. The van der Waals surface area contributed by atoms with Gasteiger partial charge in [0.1, 0.15) is 0 Å². The van der Waals surface area contributed by atoms with Crippen molar-refractivity contribution >= 4 is 53.9 Å². The van der Waals surface area contributed by atoms with E-state index < -0.39 is 24.2 Å². The molecule has 0 saturated heterocycles. The van der Waals surface area contributed by atoms with Gasteiger partial charge in [0.2, 0.25) is 0 Å². The largest absolute Gasteiger partial charge is 0.0629 e. The molecule has 44 heavy (non-hydrogen) atoms. The summed E-state index contributed by atoms with van der Waals surface area (Å²) in [6, 6.07) is 37.1. The molecule has 9 rings (SSSR count). The molecule has 0 fully saturated rings. The lowest BCUT2D eigenvalue weighted by molar-refractivity contribution is 1.63. The zero-order chi connectivity index (χ0) is 36.0. The van der Waals surface area contributed by atoms with E-state index in [1.54, 1.807) is 0 Å². The molecule has 0 nitrogen and oxygen atoms in total. The molecular weight excluding hydrogens is 528 g/mol. The molecule has 9 aromatic rings. The van der Waals surface area contributed by atoms with Crippen molar-refractivity contribution < 1.29 is 11.0 Å². The normalized spacial score (nSPS) is 14.2. The fraction of sp³-hybridized carbons (Fsp3) is 0. The molecule has 0 aliphatic rings. The Morgan fingerprint density at radius 2 is 0.773 bits per heavy atom.